The van der Waals surface area contributed by atoms with E-state index in [0.29, 0.717) is 5.92 Å². The van der Waals surface area contributed by atoms with Gasteiger partial charge in [-0.3, -0.25) is 10.1 Å². The molecule has 8 heteroatoms. The Morgan fingerprint density at radius 3 is 2.84 bits per heavy atom. The number of hydrogen-bond donors (Lipinski definition) is 2. The van der Waals surface area contributed by atoms with Gasteiger partial charge in [-0.25, -0.2) is 14.8 Å². The van der Waals surface area contributed by atoms with Gasteiger partial charge in [0.15, 0.2) is 0 Å². The molecule has 3 amide bonds. The van der Waals surface area contributed by atoms with E-state index in [1.165, 1.54) is 22.2 Å². The average Bonchev–Trinajstić information content (AvgIpc) is 2.89. The van der Waals surface area contributed by atoms with Crippen molar-refractivity contribution in [3.63, 3.8) is 0 Å². The number of primary amides is 1. The van der Waals surface area contributed by atoms with Crippen LogP contribution in [-0.2, 0) is 17.6 Å². The lowest BCUT2D eigenvalue weighted by atomic mass is 9.89. The number of nitrogens with one attached hydrogen (secondary N) is 1. The Morgan fingerprint density at radius 2 is 2.16 bits per heavy atom. The highest BCUT2D eigenvalue weighted by Gasteiger charge is 2.28. The first kappa shape index (κ1) is 18.1. The monoisotopic (exact) mass is 378 g/mol. The number of fused-ring (bicyclic) bond motifs is 3. The first-order chi connectivity index (χ1) is 11.9. The molecule has 2 aromatic heterocycles. The number of thioether (sulfide) groups is 1. The average molecular weight is 379 g/mol. The highest BCUT2D eigenvalue weighted by atomic mass is 32.2. The Morgan fingerprint density at radius 1 is 1.40 bits per heavy atom. The van der Waals surface area contributed by atoms with Crippen LogP contribution in [0.5, 0.6) is 0 Å². The molecule has 0 fully saturated rings. The number of nitrogens with two attached hydrogens (primary N) is 1. The van der Waals surface area contributed by atoms with Gasteiger partial charge in [0, 0.05) is 10.3 Å². The minimum absolute atomic E-state index is 0.0313. The number of amides is 3. The summed E-state index contributed by atoms with van der Waals surface area (Å²) in [6.07, 6.45) is 4.82. The molecule has 0 saturated heterocycles. The van der Waals surface area contributed by atoms with Crippen molar-refractivity contribution < 1.29 is 9.59 Å². The Labute approximate surface area is 155 Å². The Kier molecular flexibility index (Phi) is 5.29. The summed E-state index contributed by atoms with van der Waals surface area (Å²) < 4.78 is 0. The number of urea groups is 1. The zero-order valence-electron chi connectivity index (χ0n) is 14.5. The van der Waals surface area contributed by atoms with Crippen molar-refractivity contribution >= 4 is 45.3 Å². The summed E-state index contributed by atoms with van der Waals surface area (Å²) in [4.78, 5) is 34.6. The van der Waals surface area contributed by atoms with Gasteiger partial charge in [0.05, 0.1) is 5.25 Å². The van der Waals surface area contributed by atoms with Crippen LogP contribution in [0.15, 0.2) is 11.4 Å². The highest BCUT2D eigenvalue weighted by molar-refractivity contribution is 8.00. The first-order valence-electron chi connectivity index (χ1n) is 8.39. The van der Waals surface area contributed by atoms with E-state index in [0.717, 1.165) is 34.5 Å². The van der Waals surface area contributed by atoms with Crippen LogP contribution < -0.4 is 11.1 Å². The van der Waals surface area contributed by atoms with Gasteiger partial charge < -0.3 is 5.73 Å². The molecule has 0 saturated carbocycles. The number of nitrogens with zero attached hydrogens (tertiary/aromatic N) is 2. The second-order valence-corrected chi connectivity index (χ2v) is 9.06. The first-order valence-corrected chi connectivity index (χ1v) is 10.1. The molecule has 2 atom stereocenters. The number of rotatable bonds is 4. The van der Waals surface area contributed by atoms with Crippen LogP contribution in [0.1, 0.15) is 37.6 Å². The van der Waals surface area contributed by atoms with Gasteiger partial charge in [-0.05, 0) is 36.7 Å². The summed E-state index contributed by atoms with van der Waals surface area (Å²) in [6.45, 7) is 6.17. The molecule has 1 aliphatic rings. The molecular formula is C17H22N4O2S2. The zero-order valence-corrected chi connectivity index (χ0v) is 16.2. The summed E-state index contributed by atoms with van der Waals surface area (Å²) in [5.74, 6) is 0.343. The third kappa shape index (κ3) is 3.79. The van der Waals surface area contributed by atoms with E-state index in [1.54, 1.807) is 17.7 Å². The number of hydrogen-bond acceptors (Lipinski definition) is 6. The fraction of sp³-hybridized carbons (Fsp3) is 0.529. The Balaban J connectivity index is 1.97. The molecule has 0 radical (unpaired) electrons. The molecule has 2 heterocycles. The summed E-state index contributed by atoms with van der Waals surface area (Å²) in [7, 11) is 0. The SMILES string of the molecule is CC(C)[C@H](Sc1ncnc2sc3c(c12)CC[C@@H](C)C3)C(=O)NC(N)=O. The second-order valence-electron chi connectivity index (χ2n) is 6.85. The summed E-state index contributed by atoms with van der Waals surface area (Å²) in [5, 5.41) is 3.65. The van der Waals surface area contributed by atoms with E-state index in [-0.39, 0.29) is 11.8 Å². The predicted molar refractivity (Wildman–Crippen MR) is 101 cm³/mol. The van der Waals surface area contributed by atoms with Gasteiger partial charge in [0.25, 0.3) is 0 Å². The van der Waals surface area contributed by atoms with E-state index in [9.17, 15) is 9.59 Å². The van der Waals surface area contributed by atoms with Crippen molar-refractivity contribution in [1.82, 2.24) is 15.3 Å². The summed E-state index contributed by atoms with van der Waals surface area (Å²) in [6, 6.07) is -0.828. The van der Waals surface area contributed by atoms with Crippen molar-refractivity contribution in [1.29, 1.82) is 0 Å². The minimum atomic E-state index is -0.828. The normalized spacial score (nSPS) is 18.2. The largest absolute Gasteiger partial charge is 0.351 e. The van der Waals surface area contributed by atoms with Gasteiger partial charge in [-0.2, -0.15) is 0 Å². The second kappa shape index (κ2) is 7.29. The topological polar surface area (TPSA) is 98.0 Å². The maximum Gasteiger partial charge on any atom is 0.318 e. The van der Waals surface area contributed by atoms with Crippen LogP contribution in [-0.4, -0.2) is 27.2 Å². The smallest absolute Gasteiger partial charge is 0.318 e. The van der Waals surface area contributed by atoms with E-state index in [4.69, 9.17) is 5.73 Å². The summed E-state index contributed by atoms with van der Waals surface area (Å²) >= 11 is 3.12. The summed E-state index contributed by atoms with van der Waals surface area (Å²) in [5.41, 5.74) is 6.43. The van der Waals surface area contributed by atoms with Crippen LogP contribution in [0.25, 0.3) is 10.2 Å². The van der Waals surface area contributed by atoms with Crippen LogP contribution in [0.3, 0.4) is 0 Å². The third-order valence-corrected chi connectivity index (χ3v) is 7.11. The van der Waals surface area contributed by atoms with Crippen molar-refractivity contribution in [2.45, 2.75) is 50.3 Å². The maximum atomic E-state index is 12.3. The van der Waals surface area contributed by atoms with E-state index < -0.39 is 11.3 Å². The number of thiophene rings is 1. The minimum Gasteiger partial charge on any atom is -0.351 e. The maximum absolute atomic E-state index is 12.3. The molecule has 134 valence electrons. The lowest BCUT2D eigenvalue weighted by Crippen LogP contribution is -2.42. The predicted octanol–water partition coefficient (Wildman–Crippen LogP) is 3.13. The highest BCUT2D eigenvalue weighted by Crippen LogP contribution is 2.42. The van der Waals surface area contributed by atoms with Gasteiger partial charge in [-0.1, -0.05) is 32.5 Å². The standard InChI is InChI=1S/C17H22N4O2S2/c1-8(2)13(14(22)21-17(18)23)25-16-12-10-5-4-9(3)6-11(10)24-15(12)19-7-20-16/h7-9,13H,4-6H2,1-3H3,(H3,18,21,22,23)/t9-,13+/m1/s1. The number of aryl methyl sites for hydroxylation is 1. The fourth-order valence-electron chi connectivity index (χ4n) is 3.14. The van der Waals surface area contributed by atoms with E-state index in [1.807, 2.05) is 13.8 Å². The van der Waals surface area contributed by atoms with Crippen LogP contribution >= 0.6 is 23.1 Å². The molecule has 0 bridgehead atoms. The molecule has 0 unspecified atom stereocenters. The van der Waals surface area contributed by atoms with Crippen molar-refractivity contribution in [2.75, 3.05) is 0 Å². The Hall–Kier alpha value is -1.67. The van der Waals surface area contributed by atoms with Crippen LogP contribution in [0, 0.1) is 11.8 Å². The molecule has 2 aromatic rings. The van der Waals surface area contributed by atoms with Crippen molar-refractivity contribution in [3.8, 4) is 0 Å². The molecule has 3 N–H and O–H groups in total. The molecular weight excluding hydrogens is 356 g/mol. The Bertz CT molecular complexity index is 818. The van der Waals surface area contributed by atoms with Gasteiger partial charge in [0.2, 0.25) is 5.91 Å². The van der Waals surface area contributed by atoms with Crippen LogP contribution in [0.2, 0.25) is 0 Å². The van der Waals surface area contributed by atoms with E-state index >= 15 is 0 Å². The number of carbonyl (C=O) groups excluding carboxylic acids is 2. The number of aromatic nitrogens is 2. The third-order valence-electron chi connectivity index (χ3n) is 4.41. The van der Waals surface area contributed by atoms with Crippen molar-refractivity contribution in [2.24, 2.45) is 17.6 Å². The van der Waals surface area contributed by atoms with Crippen molar-refractivity contribution in [3.05, 3.63) is 16.8 Å². The molecule has 6 nitrogen and oxygen atoms in total. The molecule has 0 spiro atoms. The zero-order chi connectivity index (χ0) is 18.1. The lowest BCUT2D eigenvalue weighted by Gasteiger charge is -2.20. The number of carbonyl (C=O) groups is 2. The molecule has 1 aliphatic carbocycles. The molecule has 3 rings (SSSR count). The molecule has 0 aromatic carbocycles. The molecule has 25 heavy (non-hydrogen) atoms. The quantitative estimate of drug-likeness (QED) is 0.629. The van der Waals surface area contributed by atoms with E-state index in [2.05, 4.69) is 22.2 Å². The fourth-order valence-corrected chi connectivity index (χ4v) is 5.68. The van der Waals surface area contributed by atoms with Gasteiger partial charge in [0.1, 0.15) is 16.2 Å². The number of imide groups is 1. The van der Waals surface area contributed by atoms with Gasteiger partial charge in [-0.15, -0.1) is 11.3 Å². The lowest BCUT2D eigenvalue weighted by molar-refractivity contribution is -0.120. The van der Waals surface area contributed by atoms with Crippen LogP contribution in [0.4, 0.5) is 4.79 Å². The molecule has 0 aliphatic heterocycles. The van der Waals surface area contributed by atoms with Gasteiger partial charge >= 0.3 is 6.03 Å².